The van der Waals surface area contributed by atoms with E-state index in [4.69, 9.17) is 10.5 Å². The molecule has 0 aromatic carbocycles. The zero-order valence-corrected chi connectivity index (χ0v) is 11.4. The number of nitrogens with two attached hydrogens (primary N) is 1. The van der Waals surface area contributed by atoms with Crippen molar-refractivity contribution >= 4 is 22.8 Å². The van der Waals surface area contributed by atoms with Crippen LogP contribution in [-0.4, -0.2) is 11.6 Å². The van der Waals surface area contributed by atoms with Crippen molar-refractivity contribution in [3.8, 4) is 5.88 Å². The Hall–Kier alpha value is -1.75. The Morgan fingerprint density at radius 3 is 2.89 bits per heavy atom. The zero-order valence-electron chi connectivity index (χ0n) is 10.6. The van der Waals surface area contributed by atoms with Crippen molar-refractivity contribution in [2.24, 2.45) is 0 Å². The van der Waals surface area contributed by atoms with Gasteiger partial charge in [-0.25, -0.2) is 0 Å². The van der Waals surface area contributed by atoms with Gasteiger partial charge in [-0.2, -0.15) is 4.98 Å². The van der Waals surface area contributed by atoms with Gasteiger partial charge in [-0.05, 0) is 43.0 Å². The van der Waals surface area contributed by atoms with Crippen LogP contribution >= 0.6 is 11.3 Å². The summed E-state index contributed by atoms with van der Waals surface area (Å²) < 4.78 is 5.36. The third kappa shape index (κ3) is 2.92. The number of aromatic nitrogens is 1. The molecule has 3 N–H and O–H groups in total. The minimum Gasteiger partial charge on any atom is -0.476 e. The molecule has 4 nitrogen and oxygen atoms in total. The Morgan fingerprint density at radius 2 is 2.22 bits per heavy atom. The topological polar surface area (TPSA) is 60.2 Å². The van der Waals surface area contributed by atoms with E-state index in [1.165, 1.54) is 10.4 Å². The minimum atomic E-state index is 0.491. The van der Waals surface area contributed by atoms with E-state index in [9.17, 15) is 0 Å². The number of rotatable bonds is 5. The fourth-order valence-corrected chi connectivity index (χ4v) is 2.40. The number of aryl methyl sites for hydroxylation is 1. The lowest BCUT2D eigenvalue weighted by Gasteiger charge is -2.09. The maximum Gasteiger partial charge on any atom is 0.239 e. The Balaban J connectivity index is 2.05. The van der Waals surface area contributed by atoms with Crippen LogP contribution in [0.5, 0.6) is 5.88 Å². The highest BCUT2D eigenvalue weighted by molar-refractivity contribution is 7.10. The average Bonchev–Trinajstić information content (AvgIpc) is 2.76. The van der Waals surface area contributed by atoms with E-state index in [1.54, 1.807) is 11.3 Å². The van der Waals surface area contributed by atoms with E-state index in [0.717, 1.165) is 12.4 Å². The third-order valence-electron chi connectivity index (χ3n) is 2.57. The number of nitrogens with one attached hydrogen (secondary N) is 1. The Labute approximate surface area is 111 Å². The highest BCUT2D eigenvalue weighted by Gasteiger charge is 2.05. The number of hydrogen-bond acceptors (Lipinski definition) is 5. The summed E-state index contributed by atoms with van der Waals surface area (Å²) in [6, 6.07) is 5.78. The van der Waals surface area contributed by atoms with Gasteiger partial charge < -0.3 is 15.8 Å². The van der Waals surface area contributed by atoms with Crippen molar-refractivity contribution in [3.05, 3.63) is 34.0 Å². The largest absolute Gasteiger partial charge is 0.476 e. The molecule has 0 aliphatic rings. The quantitative estimate of drug-likeness (QED) is 0.870. The Morgan fingerprint density at radius 1 is 1.39 bits per heavy atom. The molecule has 0 saturated carbocycles. The number of pyridine rings is 1. The lowest BCUT2D eigenvalue weighted by atomic mass is 10.3. The molecule has 2 heterocycles. The first-order valence-electron chi connectivity index (χ1n) is 5.87. The first-order valence-corrected chi connectivity index (χ1v) is 6.75. The van der Waals surface area contributed by atoms with Crippen LogP contribution in [0.4, 0.5) is 11.5 Å². The second kappa shape index (κ2) is 5.73. The van der Waals surface area contributed by atoms with Crippen molar-refractivity contribution in [1.82, 2.24) is 4.98 Å². The predicted molar refractivity (Wildman–Crippen MR) is 76.2 cm³/mol. The highest BCUT2D eigenvalue weighted by atomic mass is 32.1. The van der Waals surface area contributed by atoms with Crippen molar-refractivity contribution in [1.29, 1.82) is 0 Å². The third-order valence-corrected chi connectivity index (χ3v) is 3.59. The molecule has 5 heteroatoms. The van der Waals surface area contributed by atoms with Gasteiger partial charge in [0.15, 0.2) is 0 Å². The van der Waals surface area contributed by atoms with Gasteiger partial charge in [0.2, 0.25) is 5.88 Å². The van der Waals surface area contributed by atoms with Crippen LogP contribution in [0.2, 0.25) is 0 Å². The lowest BCUT2D eigenvalue weighted by Crippen LogP contribution is -2.04. The van der Waals surface area contributed by atoms with Crippen molar-refractivity contribution in [2.45, 2.75) is 20.4 Å². The molecule has 2 aromatic rings. The summed E-state index contributed by atoms with van der Waals surface area (Å²) in [5, 5.41) is 5.37. The van der Waals surface area contributed by atoms with E-state index in [2.05, 4.69) is 28.7 Å². The molecule has 2 aromatic heterocycles. The standard InChI is InChI=1S/C13H17N3OS/c1-3-17-13-10(14)4-5-12(16-13)15-8-11-9(2)6-7-18-11/h4-7H,3,8,14H2,1-2H3,(H,15,16). The second-order valence-electron chi connectivity index (χ2n) is 3.90. The molecule has 0 spiro atoms. The zero-order chi connectivity index (χ0) is 13.0. The monoisotopic (exact) mass is 263 g/mol. The van der Waals surface area contributed by atoms with E-state index in [0.29, 0.717) is 18.2 Å². The van der Waals surface area contributed by atoms with Crippen LogP contribution in [0, 0.1) is 6.92 Å². The molecular weight excluding hydrogens is 246 g/mol. The van der Waals surface area contributed by atoms with E-state index in [1.807, 2.05) is 19.1 Å². The summed E-state index contributed by atoms with van der Waals surface area (Å²) in [7, 11) is 0. The van der Waals surface area contributed by atoms with Gasteiger partial charge >= 0.3 is 0 Å². The summed E-state index contributed by atoms with van der Waals surface area (Å²) in [5.74, 6) is 1.27. The van der Waals surface area contributed by atoms with E-state index >= 15 is 0 Å². The molecule has 18 heavy (non-hydrogen) atoms. The Kier molecular flexibility index (Phi) is 4.04. The normalized spacial score (nSPS) is 10.3. The molecule has 0 radical (unpaired) electrons. The molecule has 0 saturated heterocycles. The molecule has 0 amide bonds. The van der Waals surface area contributed by atoms with E-state index in [-0.39, 0.29) is 0 Å². The first-order chi connectivity index (χ1) is 8.70. The summed E-state index contributed by atoms with van der Waals surface area (Å²) in [4.78, 5) is 5.65. The molecule has 0 atom stereocenters. The Bertz CT molecular complexity index is 525. The van der Waals surface area contributed by atoms with Gasteiger partial charge in [-0.15, -0.1) is 11.3 Å². The van der Waals surface area contributed by atoms with Gasteiger partial charge in [-0.3, -0.25) is 0 Å². The van der Waals surface area contributed by atoms with Crippen molar-refractivity contribution in [3.63, 3.8) is 0 Å². The molecular formula is C13H17N3OS. The van der Waals surface area contributed by atoms with Crippen LogP contribution in [0.3, 0.4) is 0 Å². The van der Waals surface area contributed by atoms with Gasteiger partial charge in [0.25, 0.3) is 0 Å². The smallest absolute Gasteiger partial charge is 0.239 e. The molecule has 0 aliphatic carbocycles. The summed E-state index contributed by atoms with van der Waals surface area (Å²) in [6.07, 6.45) is 0. The number of nitrogen functional groups attached to an aromatic ring is 1. The number of thiophene rings is 1. The van der Waals surface area contributed by atoms with Crippen LogP contribution in [0.25, 0.3) is 0 Å². The van der Waals surface area contributed by atoms with Crippen LogP contribution in [0.15, 0.2) is 23.6 Å². The molecule has 0 aliphatic heterocycles. The molecule has 96 valence electrons. The van der Waals surface area contributed by atoms with Gasteiger partial charge in [0.1, 0.15) is 5.82 Å². The molecule has 0 bridgehead atoms. The number of anilines is 2. The minimum absolute atomic E-state index is 0.491. The summed E-state index contributed by atoms with van der Waals surface area (Å²) >= 11 is 1.74. The van der Waals surface area contributed by atoms with Crippen LogP contribution in [-0.2, 0) is 6.54 Å². The van der Waals surface area contributed by atoms with E-state index < -0.39 is 0 Å². The second-order valence-corrected chi connectivity index (χ2v) is 4.90. The SMILES string of the molecule is CCOc1nc(NCc2sccc2C)ccc1N. The number of ether oxygens (including phenoxy) is 1. The maximum absolute atomic E-state index is 5.78. The van der Waals surface area contributed by atoms with Gasteiger partial charge in [0, 0.05) is 4.88 Å². The highest BCUT2D eigenvalue weighted by Crippen LogP contribution is 2.22. The fraction of sp³-hybridized carbons (Fsp3) is 0.308. The summed E-state index contributed by atoms with van der Waals surface area (Å²) in [6.45, 7) is 5.35. The average molecular weight is 263 g/mol. The fourth-order valence-electron chi connectivity index (χ4n) is 1.56. The predicted octanol–water partition coefficient (Wildman–Crippen LogP) is 3.04. The molecule has 0 unspecified atom stereocenters. The van der Waals surface area contributed by atoms with Gasteiger partial charge in [-0.1, -0.05) is 0 Å². The summed E-state index contributed by atoms with van der Waals surface area (Å²) in [5.41, 5.74) is 7.64. The van der Waals surface area contributed by atoms with Crippen LogP contribution < -0.4 is 15.8 Å². The maximum atomic E-state index is 5.78. The molecule has 2 rings (SSSR count). The van der Waals surface area contributed by atoms with Crippen molar-refractivity contribution < 1.29 is 4.74 Å². The lowest BCUT2D eigenvalue weighted by molar-refractivity contribution is 0.329. The molecule has 0 fully saturated rings. The number of hydrogen-bond donors (Lipinski definition) is 2. The van der Waals surface area contributed by atoms with Crippen LogP contribution in [0.1, 0.15) is 17.4 Å². The number of nitrogens with zero attached hydrogens (tertiary/aromatic N) is 1. The van der Waals surface area contributed by atoms with Crippen molar-refractivity contribution in [2.75, 3.05) is 17.7 Å². The first kappa shape index (κ1) is 12.7. The van der Waals surface area contributed by atoms with Gasteiger partial charge in [0.05, 0.1) is 18.8 Å².